The van der Waals surface area contributed by atoms with Crippen LogP contribution >= 0.6 is 11.6 Å². The number of likely N-dealkylation sites (tertiary alicyclic amines) is 1. The van der Waals surface area contributed by atoms with E-state index in [-0.39, 0.29) is 11.9 Å². The Balaban J connectivity index is 1.29. The molecule has 1 saturated heterocycles. The van der Waals surface area contributed by atoms with Gasteiger partial charge in [0.25, 0.3) is 5.91 Å². The molecule has 0 bridgehead atoms. The second-order valence-electron chi connectivity index (χ2n) is 7.88. The third-order valence-electron chi connectivity index (χ3n) is 5.86. The largest absolute Gasteiger partial charge is 0.486 e. The monoisotopic (exact) mass is 413 g/mol. The lowest BCUT2D eigenvalue weighted by Crippen LogP contribution is -2.45. The molecule has 1 atom stereocenters. The predicted molar refractivity (Wildman–Crippen MR) is 111 cm³/mol. The van der Waals surface area contributed by atoms with Crippen LogP contribution in [0.25, 0.3) is 0 Å². The number of piperidine rings is 1. The fourth-order valence-corrected chi connectivity index (χ4v) is 4.65. The number of hydrogen-bond acceptors (Lipinski definition) is 5. The number of fused-ring (bicyclic) bond motifs is 2. The van der Waals surface area contributed by atoms with Crippen molar-refractivity contribution in [1.82, 2.24) is 9.88 Å². The van der Waals surface area contributed by atoms with Crippen LogP contribution in [0.4, 0.5) is 5.69 Å². The number of hydrogen-bond donors (Lipinski definition) is 1. The number of anilines is 1. The first kappa shape index (κ1) is 18.6. The molecule has 1 aliphatic carbocycles. The molecule has 1 amide bonds. The van der Waals surface area contributed by atoms with Crippen molar-refractivity contribution < 1.29 is 14.3 Å². The van der Waals surface area contributed by atoms with Crippen LogP contribution in [0.5, 0.6) is 11.5 Å². The Morgan fingerprint density at radius 2 is 2.00 bits per heavy atom. The Morgan fingerprint density at radius 3 is 2.90 bits per heavy atom. The van der Waals surface area contributed by atoms with E-state index >= 15 is 0 Å². The normalized spacial score (nSPS) is 20.3. The highest BCUT2D eigenvalue weighted by atomic mass is 35.5. The van der Waals surface area contributed by atoms with Gasteiger partial charge in [-0.3, -0.25) is 4.79 Å². The van der Waals surface area contributed by atoms with Gasteiger partial charge in [-0.05, 0) is 55.9 Å². The van der Waals surface area contributed by atoms with E-state index in [1.54, 1.807) is 0 Å². The Bertz CT molecular complexity index is 949. The Kier molecular flexibility index (Phi) is 4.96. The first-order valence-corrected chi connectivity index (χ1v) is 10.7. The molecule has 1 aromatic heterocycles. The highest BCUT2D eigenvalue weighted by Crippen LogP contribution is 2.33. The highest BCUT2D eigenvalue weighted by Gasteiger charge is 2.28. The second kappa shape index (κ2) is 7.75. The maximum Gasteiger partial charge on any atom is 0.257 e. The van der Waals surface area contributed by atoms with Gasteiger partial charge in [0.1, 0.15) is 18.4 Å². The molecule has 3 heterocycles. The zero-order valence-electron chi connectivity index (χ0n) is 16.2. The smallest absolute Gasteiger partial charge is 0.257 e. The molecule has 152 valence electrons. The minimum absolute atomic E-state index is 0.0223. The van der Waals surface area contributed by atoms with Crippen molar-refractivity contribution in [3.63, 3.8) is 0 Å². The summed E-state index contributed by atoms with van der Waals surface area (Å²) in [5, 5.41) is 3.88. The van der Waals surface area contributed by atoms with Crippen LogP contribution in [0.3, 0.4) is 0 Å². The second-order valence-corrected chi connectivity index (χ2v) is 8.24. The molecule has 2 aromatic rings. The maximum atomic E-state index is 13.1. The van der Waals surface area contributed by atoms with Gasteiger partial charge in [-0.2, -0.15) is 0 Å². The van der Waals surface area contributed by atoms with Crippen molar-refractivity contribution in [2.75, 3.05) is 31.6 Å². The van der Waals surface area contributed by atoms with Gasteiger partial charge in [0.15, 0.2) is 11.5 Å². The Hall–Kier alpha value is -2.47. The van der Waals surface area contributed by atoms with Gasteiger partial charge in [-0.1, -0.05) is 11.6 Å². The van der Waals surface area contributed by atoms with Crippen LogP contribution < -0.4 is 14.8 Å². The molecule has 0 spiro atoms. The SMILES string of the molecule is O=C(c1cc2c(nc1Cl)CCC2)N1CCCC(Nc2ccc3c(c2)OCCO3)C1. The molecule has 0 saturated carbocycles. The standard InChI is InChI=1S/C22H24ClN3O3/c23-21-17(11-14-3-1-5-18(14)25-21)22(27)26-8-2-4-16(13-26)24-15-6-7-19-20(12-15)29-10-9-28-19/h6-7,11-12,16,24H,1-5,8-10,13H2. The number of aryl methyl sites for hydroxylation is 2. The number of ether oxygens (including phenoxy) is 2. The van der Waals surface area contributed by atoms with Crippen LogP contribution in [-0.2, 0) is 12.8 Å². The van der Waals surface area contributed by atoms with E-state index in [4.69, 9.17) is 21.1 Å². The molecule has 5 rings (SSSR count). The summed E-state index contributed by atoms with van der Waals surface area (Å²) in [5.74, 6) is 1.52. The quantitative estimate of drug-likeness (QED) is 0.777. The number of benzene rings is 1. The Morgan fingerprint density at radius 1 is 1.14 bits per heavy atom. The summed E-state index contributed by atoms with van der Waals surface area (Å²) in [6.45, 7) is 2.53. The predicted octanol–water partition coefficient (Wildman–Crippen LogP) is 3.71. The number of carbonyl (C=O) groups is 1. The molecule has 6 nitrogen and oxygen atoms in total. The number of pyridine rings is 1. The van der Waals surface area contributed by atoms with Crippen molar-refractivity contribution in [3.8, 4) is 11.5 Å². The highest BCUT2D eigenvalue weighted by molar-refractivity contribution is 6.32. The molecule has 7 heteroatoms. The zero-order chi connectivity index (χ0) is 19.8. The van der Waals surface area contributed by atoms with Gasteiger partial charge in [-0.25, -0.2) is 4.98 Å². The number of amides is 1. The molecule has 1 N–H and O–H groups in total. The van der Waals surface area contributed by atoms with Gasteiger partial charge in [0.05, 0.1) is 5.56 Å². The van der Waals surface area contributed by atoms with E-state index in [1.807, 2.05) is 29.2 Å². The van der Waals surface area contributed by atoms with E-state index in [0.29, 0.717) is 30.5 Å². The summed E-state index contributed by atoms with van der Waals surface area (Å²) in [5.41, 5.74) is 3.72. The maximum absolute atomic E-state index is 13.1. The summed E-state index contributed by atoms with van der Waals surface area (Å²) >= 11 is 6.36. The zero-order valence-corrected chi connectivity index (χ0v) is 17.0. The van der Waals surface area contributed by atoms with Crippen LogP contribution in [0.15, 0.2) is 24.3 Å². The molecule has 2 aliphatic heterocycles. The average molecular weight is 414 g/mol. The van der Waals surface area contributed by atoms with E-state index in [2.05, 4.69) is 10.3 Å². The van der Waals surface area contributed by atoms with E-state index in [0.717, 1.165) is 61.5 Å². The van der Waals surface area contributed by atoms with Crippen molar-refractivity contribution >= 4 is 23.2 Å². The van der Waals surface area contributed by atoms with Gasteiger partial charge >= 0.3 is 0 Å². The lowest BCUT2D eigenvalue weighted by molar-refractivity contribution is 0.0714. The molecular weight excluding hydrogens is 390 g/mol. The summed E-state index contributed by atoms with van der Waals surface area (Å²) in [7, 11) is 0. The first-order chi connectivity index (χ1) is 14.2. The van der Waals surface area contributed by atoms with Gasteiger partial charge in [-0.15, -0.1) is 0 Å². The number of nitrogens with one attached hydrogen (secondary N) is 1. The summed E-state index contributed by atoms with van der Waals surface area (Å²) in [4.78, 5) is 19.5. The molecule has 0 radical (unpaired) electrons. The van der Waals surface area contributed by atoms with Crippen molar-refractivity contribution in [1.29, 1.82) is 0 Å². The lowest BCUT2D eigenvalue weighted by Gasteiger charge is -2.34. The first-order valence-electron chi connectivity index (χ1n) is 10.3. The molecule has 1 aromatic carbocycles. The van der Waals surface area contributed by atoms with E-state index in [9.17, 15) is 4.79 Å². The van der Waals surface area contributed by atoms with E-state index in [1.165, 1.54) is 5.56 Å². The van der Waals surface area contributed by atoms with Crippen molar-refractivity contribution in [2.45, 2.75) is 38.1 Å². The lowest BCUT2D eigenvalue weighted by atomic mass is 10.0. The summed E-state index contributed by atoms with van der Waals surface area (Å²) in [6, 6.07) is 8.03. The molecular formula is C22H24ClN3O3. The number of rotatable bonds is 3. The fraction of sp³-hybridized carbons (Fsp3) is 0.455. The molecule has 3 aliphatic rings. The van der Waals surface area contributed by atoms with Crippen LogP contribution in [0.1, 0.15) is 40.9 Å². The average Bonchev–Trinajstić information content (AvgIpc) is 3.20. The molecule has 29 heavy (non-hydrogen) atoms. The minimum atomic E-state index is -0.0223. The van der Waals surface area contributed by atoms with Crippen LogP contribution in [0.2, 0.25) is 5.15 Å². The van der Waals surface area contributed by atoms with E-state index < -0.39 is 0 Å². The van der Waals surface area contributed by atoms with Crippen molar-refractivity contribution in [2.24, 2.45) is 0 Å². The molecule has 1 unspecified atom stereocenters. The van der Waals surface area contributed by atoms with Gasteiger partial charge in [0, 0.05) is 36.6 Å². The number of nitrogens with zero attached hydrogens (tertiary/aromatic N) is 2. The van der Waals surface area contributed by atoms with Gasteiger partial charge in [0.2, 0.25) is 0 Å². The van der Waals surface area contributed by atoms with Crippen molar-refractivity contribution in [3.05, 3.63) is 46.2 Å². The third-order valence-corrected chi connectivity index (χ3v) is 6.14. The van der Waals surface area contributed by atoms with Gasteiger partial charge < -0.3 is 19.7 Å². The van der Waals surface area contributed by atoms with Crippen LogP contribution in [0, 0.1) is 0 Å². The molecule has 1 fully saturated rings. The number of carbonyl (C=O) groups excluding carboxylic acids is 1. The van der Waals surface area contributed by atoms with Crippen LogP contribution in [-0.4, -0.2) is 48.1 Å². The summed E-state index contributed by atoms with van der Waals surface area (Å²) in [6.07, 6.45) is 4.97. The summed E-state index contributed by atoms with van der Waals surface area (Å²) < 4.78 is 11.3. The Labute approximate surface area is 175 Å². The topological polar surface area (TPSA) is 63.7 Å². The number of halogens is 1. The number of aromatic nitrogens is 1. The fourth-order valence-electron chi connectivity index (χ4n) is 4.42. The third kappa shape index (κ3) is 3.73. The minimum Gasteiger partial charge on any atom is -0.486 e.